The molecule has 0 radical (unpaired) electrons. The molecule has 3 nitrogen and oxygen atoms in total. The van der Waals surface area contributed by atoms with Gasteiger partial charge in [0.15, 0.2) is 0 Å². The van der Waals surface area contributed by atoms with Gasteiger partial charge in [-0.15, -0.1) is 0 Å². The fraction of sp³-hybridized carbons (Fsp3) is 0.588. The highest BCUT2D eigenvalue weighted by molar-refractivity contribution is 5.79. The minimum atomic E-state index is -0.234. The number of carbonyl (C=O) groups is 1. The van der Waals surface area contributed by atoms with Crippen LogP contribution >= 0.6 is 0 Å². The van der Waals surface area contributed by atoms with E-state index < -0.39 is 0 Å². The Morgan fingerprint density at radius 3 is 2.70 bits per heavy atom. The molecule has 0 aromatic heterocycles. The molecule has 1 aliphatic heterocycles. The molecule has 0 spiro atoms. The first-order chi connectivity index (χ1) is 9.55. The molecule has 3 heteroatoms. The van der Waals surface area contributed by atoms with Gasteiger partial charge in [-0.1, -0.05) is 31.0 Å². The summed E-state index contributed by atoms with van der Waals surface area (Å²) < 4.78 is 6.01. The van der Waals surface area contributed by atoms with Crippen LogP contribution < -0.4 is 10.1 Å². The van der Waals surface area contributed by atoms with Crippen molar-refractivity contribution in [2.45, 2.75) is 57.6 Å². The molecule has 1 aromatic rings. The van der Waals surface area contributed by atoms with Crippen LogP contribution in [0.15, 0.2) is 24.3 Å². The first-order valence-electron chi connectivity index (χ1n) is 7.63. The van der Waals surface area contributed by atoms with Crippen LogP contribution in [0.25, 0.3) is 0 Å². The molecule has 2 aliphatic rings. The second-order valence-corrected chi connectivity index (χ2v) is 6.65. The van der Waals surface area contributed by atoms with Crippen molar-refractivity contribution in [2.24, 2.45) is 5.92 Å². The summed E-state index contributed by atoms with van der Waals surface area (Å²) in [5, 5.41) is 3.25. The normalized spacial score (nSPS) is 24.8. The van der Waals surface area contributed by atoms with Crippen LogP contribution in [0.3, 0.4) is 0 Å². The third-order valence-electron chi connectivity index (χ3n) is 4.42. The van der Waals surface area contributed by atoms with Gasteiger partial charge in [0.05, 0.1) is 6.04 Å². The summed E-state index contributed by atoms with van der Waals surface area (Å²) in [6.07, 6.45) is 5.28. The van der Waals surface area contributed by atoms with Crippen molar-refractivity contribution in [1.82, 2.24) is 5.32 Å². The summed E-state index contributed by atoms with van der Waals surface area (Å²) in [6.45, 7) is 4.16. The molecule has 0 saturated heterocycles. The molecule has 1 saturated carbocycles. The van der Waals surface area contributed by atoms with E-state index >= 15 is 0 Å². The molecule has 1 aliphatic carbocycles. The number of para-hydroxylation sites is 1. The third-order valence-corrected chi connectivity index (χ3v) is 4.42. The van der Waals surface area contributed by atoms with E-state index in [-0.39, 0.29) is 23.5 Å². The highest BCUT2D eigenvalue weighted by Gasteiger charge is 2.35. The standard InChI is InChI=1S/C17H23NO2/c1-17(2)11-14(13-9-5-6-10-15(13)20-17)18-16(19)12-7-3-4-8-12/h5-6,9-10,12,14H,3-4,7-8,11H2,1-2H3,(H,18,19)/t14-/m0/s1. The van der Waals surface area contributed by atoms with Crippen molar-refractivity contribution in [3.8, 4) is 5.75 Å². The highest BCUT2D eigenvalue weighted by atomic mass is 16.5. The maximum atomic E-state index is 12.4. The lowest BCUT2D eigenvalue weighted by Gasteiger charge is -2.38. The van der Waals surface area contributed by atoms with Crippen molar-refractivity contribution < 1.29 is 9.53 Å². The van der Waals surface area contributed by atoms with Crippen molar-refractivity contribution in [3.05, 3.63) is 29.8 Å². The highest BCUT2D eigenvalue weighted by Crippen LogP contribution is 2.39. The summed E-state index contributed by atoms with van der Waals surface area (Å²) in [6, 6.07) is 8.11. The number of fused-ring (bicyclic) bond motifs is 1. The molecule has 0 unspecified atom stereocenters. The smallest absolute Gasteiger partial charge is 0.223 e. The second kappa shape index (κ2) is 5.12. The molecule has 1 atom stereocenters. The number of hydrogen-bond donors (Lipinski definition) is 1. The van der Waals surface area contributed by atoms with E-state index in [9.17, 15) is 4.79 Å². The average Bonchev–Trinajstić information content (AvgIpc) is 2.91. The maximum Gasteiger partial charge on any atom is 0.223 e. The lowest BCUT2D eigenvalue weighted by atomic mass is 9.89. The van der Waals surface area contributed by atoms with Gasteiger partial charge >= 0.3 is 0 Å². The van der Waals surface area contributed by atoms with Crippen LogP contribution in [0, 0.1) is 5.92 Å². The topological polar surface area (TPSA) is 38.3 Å². The van der Waals surface area contributed by atoms with Gasteiger partial charge in [-0.05, 0) is 32.8 Å². The molecule has 0 bridgehead atoms. The van der Waals surface area contributed by atoms with Crippen LogP contribution in [-0.4, -0.2) is 11.5 Å². The quantitative estimate of drug-likeness (QED) is 0.894. The van der Waals surface area contributed by atoms with Crippen molar-refractivity contribution in [2.75, 3.05) is 0 Å². The Bertz CT molecular complexity index is 503. The van der Waals surface area contributed by atoms with E-state index in [0.717, 1.165) is 30.6 Å². The number of carbonyl (C=O) groups excluding carboxylic acids is 1. The Hall–Kier alpha value is -1.51. The van der Waals surface area contributed by atoms with Crippen LogP contribution in [0.4, 0.5) is 0 Å². The monoisotopic (exact) mass is 273 g/mol. The minimum absolute atomic E-state index is 0.0723. The molecular formula is C17H23NO2. The number of benzene rings is 1. The van der Waals surface area contributed by atoms with E-state index in [1.54, 1.807) is 0 Å². The van der Waals surface area contributed by atoms with E-state index in [1.807, 2.05) is 18.2 Å². The molecule has 1 aromatic carbocycles. The first kappa shape index (κ1) is 13.5. The number of amides is 1. The van der Waals surface area contributed by atoms with Crippen molar-refractivity contribution >= 4 is 5.91 Å². The van der Waals surface area contributed by atoms with E-state index in [2.05, 4.69) is 25.2 Å². The lowest BCUT2D eigenvalue weighted by Crippen LogP contribution is -2.42. The van der Waals surface area contributed by atoms with Crippen molar-refractivity contribution in [1.29, 1.82) is 0 Å². The van der Waals surface area contributed by atoms with Gasteiger partial charge in [0.2, 0.25) is 5.91 Å². The molecule has 1 N–H and O–H groups in total. The van der Waals surface area contributed by atoms with Crippen molar-refractivity contribution in [3.63, 3.8) is 0 Å². The fourth-order valence-corrected chi connectivity index (χ4v) is 3.41. The molecule has 20 heavy (non-hydrogen) atoms. The second-order valence-electron chi connectivity index (χ2n) is 6.65. The van der Waals surface area contributed by atoms with Gasteiger partial charge in [0, 0.05) is 17.9 Å². The third kappa shape index (κ3) is 2.67. The van der Waals surface area contributed by atoms with Crippen LogP contribution in [0.2, 0.25) is 0 Å². The Labute approximate surface area is 120 Å². The van der Waals surface area contributed by atoms with Gasteiger partial charge < -0.3 is 10.1 Å². The number of rotatable bonds is 2. The Morgan fingerprint density at radius 1 is 1.25 bits per heavy atom. The molecule has 108 valence electrons. The van der Waals surface area contributed by atoms with Gasteiger partial charge in [0.1, 0.15) is 11.4 Å². The fourth-order valence-electron chi connectivity index (χ4n) is 3.41. The summed E-state index contributed by atoms with van der Waals surface area (Å²) in [7, 11) is 0. The van der Waals surface area contributed by atoms with E-state index in [1.165, 1.54) is 12.8 Å². The SMILES string of the molecule is CC1(C)C[C@H](NC(=O)C2CCCC2)c2ccccc2O1. The molecule has 1 fully saturated rings. The minimum Gasteiger partial charge on any atom is -0.487 e. The molecule has 3 rings (SSSR count). The lowest BCUT2D eigenvalue weighted by molar-refractivity contribution is -0.126. The summed E-state index contributed by atoms with van der Waals surface area (Å²) in [4.78, 5) is 12.4. The summed E-state index contributed by atoms with van der Waals surface area (Å²) in [5.41, 5.74) is 0.875. The maximum absolute atomic E-state index is 12.4. The molecule has 1 amide bonds. The van der Waals surface area contributed by atoms with Gasteiger partial charge in [-0.3, -0.25) is 4.79 Å². The van der Waals surface area contributed by atoms with E-state index in [4.69, 9.17) is 4.74 Å². The number of nitrogens with one attached hydrogen (secondary N) is 1. The largest absolute Gasteiger partial charge is 0.487 e. The van der Waals surface area contributed by atoms with Crippen LogP contribution in [0.1, 0.15) is 57.6 Å². The molecular weight excluding hydrogens is 250 g/mol. The van der Waals surface area contributed by atoms with Crippen LogP contribution in [-0.2, 0) is 4.79 Å². The summed E-state index contributed by atoms with van der Waals surface area (Å²) >= 11 is 0. The van der Waals surface area contributed by atoms with Gasteiger partial charge in [-0.25, -0.2) is 0 Å². The Kier molecular flexibility index (Phi) is 3.45. The average molecular weight is 273 g/mol. The van der Waals surface area contributed by atoms with Gasteiger partial charge in [0.25, 0.3) is 0 Å². The predicted molar refractivity (Wildman–Crippen MR) is 78.6 cm³/mol. The first-order valence-corrected chi connectivity index (χ1v) is 7.63. The zero-order valence-corrected chi connectivity index (χ0v) is 12.3. The molecule has 1 heterocycles. The van der Waals surface area contributed by atoms with E-state index in [0.29, 0.717) is 0 Å². The van der Waals surface area contributed by atoms with Gasteiger partial charge in [-0.2, -0.15) is 0 Å². The Balaban J connectivity index is 1.80. The zero-order chi connectivity index (χ0) is 14.2. The van der Waals surface area contributed by atoms with Crippen LogP contribution in [0.5, 0.6) is 5.75 Å². The number of ether oxygens (including phenoxy) is 1. The summed E-state index contributed by atoms with van der Waals surface area (Å²) in [5.74, 6) is 1.34. The zero-order valence-electron chi connectivity index (χ0n) is 12.3. The predicted octanol–water partition coefficient (Wildman–Crippen LogP) is 3.60. The number of hydrogen-bond acceptors (Lipinski definition) is 2. The Morgan fingerprint density at radius 2 is 1.95 bits per heavy atom.